The molecule has 6 heterocycles. The van der Waals surface area contributed by atoms with E-state index in [1.807, 2.05) is 47.4 Å². The molecule has 3 aromatic rings. The number of nitrogens with zero attached hydrogens (tertiary/aromatic N) is 2. The van der Waals surface area contributed by atoms with E-state index in [-0.39, 0.29) is 45.0 Å². The van der Waals surface area contributed by atoms with Crippen LogP contribution in [0.15, 0.2) is 76.6 Å². The maximum absolute atomic E-state index is 12.5. The van der Waals surface area contributed by atoms with Crippen LogP contribution in [0.3, 0.4) is 0 Å². The average Bonchev–Trinajstić information content (AvgIpc) is 3.95. The summed E-state index contributed by atoms with van der Waals surface area (Å²) in [6, 6.07) is 15.2. The minimum Gasteiger partial charge on any atom is -0.493 e. The van der Waals surface area contributed by atoms with Crippen LogP contribution >= 0.6 is 0 Å². The number of allylic oxidation sites excluding steroid dienone is 1. The van der Waals surface area contributed by atoms with Crippen molar-refractivity contribution in [3.63, 3.8) is 0 Å². The van der Waals surface area contributed by atoms with E-state index in [9.17, 15) is 35.1 Å². The number of ether oxygens (including phenoxy) is 7. The molecule has 10 N–H and O–H groups in total. The van der Waals surface area contributed by atoms with Gasteiger partial charge in [0.15, 0.2) is 23.2 Å². The molecule has 0 spiro atoms. The summed E-state index contributed by atoms with van der Waals surface area (Å²) in [5, 5.41) is 65.1. The maximum Gasteiger partial charge on any atom is 0.317 e. The van der Waals surface area contributed by atoms with Crippen molar-refractivity contribution in [1.29, 1.82) is 0 Å². The second-order valence-corrected chi connectivity index (χ2v) is 16.6. The number of rotatable bonds is 14. The third-order valence-electron chi connectivity index (χ3n) is 12.8. The summed E-state index contributed by atoms with van der Waals surface area (Å²) in [4.78, 5) is 30.3. The van der Waals surface area contributed by atoms with Crippen LogP contribution in [0.2, 0.25) is 0 Å². The minimum absolute atomic E-state index is 0.0235. The lowest BCUT2D eigenvalue weighted by Crippen LogP contribution is -2.71. The highest BCUT2D eigenvalue weighted by Gasteiger charge is 2.60. The number of methoxy groups -OCH3 is 1. The van der Waals surface area contributed by atoms with Gasteiger partial charge in [-0.15, -0.1) is 0 Å². The molecule has 9 unspecified atom stereocenters. The summed E-state index contributed by atoms with van der Waals surface area (Å²) in [7, 11) is 1.52. The molecular formula is C45H50N4O15. The summed E-state index contributed by atoms with van der Waals surface area (Å²) in [5.41, 5.74) is 15.6. The van der Waals surface area contributed by atoms with Crippen LogP contribution in [0, 0.1) is 0 Å². The predicted octanol–water partition coefficient (Wildman–Crippen LogP) is 0.450. The van der Waals surface area contributed by atoms with Crippen molar-refractivity contribution >= 4 is 18.2 Å². The zero-order chi connectivity index (χ0) is 45.0. The molecule has 9 atom stereocenters. The van der Waals surface area contributed by atoms with Gasteiger partial charge in [-0.05, 0) is 36.1 Å². The molecule has 6 aliphatic heterocycles. The Kier molecular flexibility index (Phi) is 11.8. The van der Waals surface area contributed by atoms with Crippen molar-refractivity contribution in [1.82, 2.24) is 4.90 Å². The van der Waals surface area contributed by atoms with Gasteiger partial charge in [0.1, 0.15) is 55.0 Å². The lowest BCUT2D eigenvalue weighted by Gasteiger charge is -2.48. The van der Waals surface area contributed by atoms with Crippen molar-refractivity contribution < 1.29 is 73.4 Å². The first-order chi connectivity index (χ1) is 30.8. The van der Waals surface area contributed by atoms with E-state index >= 15 is 0 Å². The van der Waals surface area contributed by atoms with Crippen molar-refractivity contribution in [2.45, 2.75) is 92.8 Å². The smallest absolute Gasteiger partial charge is 0.317 e. The van der Waals surface area contributed by atoms with Gasteiger partial charge in [0.05, 0.1) is 43.8 Å². The summed E-state index contributed by atoms with van der Waals surface area (Å²) in [6.07, 6.45) is -8.88. The van der Waals surface area contributed by atoms with E-state index in [2.05, 4.69) is 4.99 Å². The molecule has 6 aliphatic rings. The van der Waals surface area contributed by atoms with Crippen LogP contribution in [0.25, 0.3) is 0 Å². The van der Waals surface area contributed by atoms with Gasteiger partial charge in [-0.2, -0.15) is 0 Å². The molecule has 0 radical (unpaired) electrons. The number of carbonyl (C=O) groups excluding carboxylic acids is 1. The fraction of sp³-hybridized carbons (Fsp3) is 0.444. The Labute approximate surface area is 366 Å². The normalized spacial score (nSPS) is 27.7. The van der Waals surface area contributed by atoms with Crippen molar-refractivity contribution in [3.8, 4) is 28.7 Å². The molecule has 19 heteroatoms. The molecule has 3 aromatic carbocycles. The molecule has 340 valence electrons. The standard InChI is InChI=1S/C45H50N4O15/c1-58-27-8-7-24-33-29(15-21-5-3-2-4-6-21)60-30-16-28-23(9-11-45(57)42(56)36(55)40(64-44(45)61-28)41(43(46)47)62-32(54)17-31(52)53)25(19-49-18-22-10-12-48-35(22)26(49)20-51)34(30)39(33)63-37(24)38(27)59-14-13-50/h2-8,10,12,16,29,33,36,39-44,50-51,55-57H,9,11,13-15,17-20,46-47H2,1H3,(H,52,53). The van der Waals surface area contributed by atoms with Gasteiger partial charge in [-0.1, -0.05) is 36.4 Å². The number of benzene rings is 3. The Morgan fingerprint density at radius 1 is 1.06 bits per heavy atom. The number of carbonyl (C=O) groups is 2. The van der Waals surface area contributed by atoms with Gasteiger partial charge in [0, 0.05) is 54.1 Å². The van der Waals surface area contributed by atoms with Crippen molar-refractivity contribution in [2.24, 2.45) is 16.5 Å². The topological polar surface area (TPSA) is 288 Å². The summed E-state index contributed by atoms with van der Waals surface area (Å²) >= 11 is 0. The summed E-state index contributed by atoms with van der Waals surface area (Å²) in [5.74, 6) is -1.39. The molecule has 64 heavy (non-hydrogen) atoms. The molecule has 9 rings (SSSR count). The minimum atomic E-state index is -2.27. The number of hydrogen-bond acceptors (Lipinski definition) is 18. The van der Waals surface area contributed by atoms with Crippen molar-refractivity contribution in [2.75, 3.05) is 33.5 Å². The van der Waals surface area contributed by atoms with Gasteiger partial charge < -0.3 is 80.2 Å². The van der Waals surface area contributed by atoms with Crippen LogP contribution in [-0.4, -0.2) is 136 Å². The third kappa shape index (κ3) is 7.50. The molecule has 1 fully saturated rings. The van der Waals surface area contributed by atoms with Crippen molar-refractivity contribution in [3.05, 3.63) is 99.4 Å². The van der Waals surface area contributed by atoms with Gasteiger partial charge in [0.2, 0.25) is 12.0 Å². The largest absolute Gasteiger partial charge is 0.493 e. The molecule has 1 saturated heterocycles. The number of hydrogen-bond donors (Lipinski definition) is 8. The summed E-state index contributed by atoms with van der Waals surface area (Å²) in [6.45, 7) is 0.00273. The molecule has 0 aliphatic carbocycles. The van der Waals surface area contributed by atoms with E-state index in [0.29, 0.717) is 64.0 Å². The van der Waals surface area contributed by atoms with E-state index in [0.717, 1.165) is 16.7 Å². The number of aliphatic hydroxyl groups excluding tert-OH is 4. The van der Waals surface area contributed by atoms with Crippen LogP contribution in [0.1, 0.15) is 52.7 Å². The first kappa shape index (κ1) is 43.5. The monoisotopic (exact) mass is 886 g/mol. The van der Waals surface area contributed by atoms with Gasteiger partial charge >= 0.3 is 11.9 Å². The fourth-order valence-electron chi connectivity index (χ4n) is 9.81. The Morgan fingerprint density at radius 3 is 2.58 bits per heavy atom. The molecule has 0 bridgehead atoms. The predicted molar refractivity (Wildman–Crippen MR) is 223 cm³/mol. The number of aliphatic carboxylic acids is 1. The molecular weight excluding hydrogens is 837 g/mol. The number of carboxylic acids is 1. The molecule has 19 nitrogen and oxygen atoms in total. The first-order valence-corrected chi connectivity index (χ1v) is 21.0. The SMILES string of the molecule is COc1ccc2c(c1OCCO)OC1c3c(cc4c(c3CN3CC5=CC=NC5=C3CO)CCC3(O)C(O4)OC(C(OC(=O)CC(=O)O)C(N)N)C(O)C3O)OC(Cc3ccccc3)C21. The number of carboxylic acid groups (broad SMARTS) is 1. The summed E-state index contributed by atoms with van der Waals surface area (Å²) < 4.78 is 43.9. The van der Waals surface area contributed by atoms with Crippen LogP contribution in [-0.2, 0) is 38.4 Å². The second kappa shape index (κ2) is 17.3. The fourth-order valence-corrected chi connectivity index (χ4v) is 9.81. The van der Waals surface area contributed by atoms with Gasteiger partial charge in [-0.25, -0.2) is 0 Å². The Bertz CT molecular complexity index is 2410. The molecule has 0 saturated carbocycles. The quantitative estimate of drug-likeness (QED) is 0.0620. The number of fused-ring (bicyclic) bond motifs is 8. The lowest BCUT2D eigenvalue weighted by atomic mass is 9.78. The number of nitrogens with two attached hydrogens (primary N) is 2. The zero-order valence-electron chi connectivity index (χ0n) is 34.7. The number of aliphatic hydroxyl groups is 5. The maximum atomic E-state index is 12.5. The highest BCUT2D eigenvalue weighted by Crippen LogP contribution is 2.60. The Hall–Kier alpha value is -5.77. The second-order valence-electron chi connectivity index (χ2n) is 16.6. The Balaban J connectivity index is 1.18. The van der Waals surface area contributed by atoms with E-state index < -0.39 is 79.0 Å². The highest BCUT2D eigenvalue weighted by atomic mass is 16.7. The lowest BCUT2D eigenvalue weighted by molar-refractivity contribution is -0.329. The van der Waals surface area contributed by atoms with Gasteiger partial charge in [-0.3, -0.25) is 14.6 Å². The number of esters is 1. The highest BCUT2D eigenvalue weighted by molar-refractivity contribution is 5.90. The number of aliphatic imine (C=N–C) groups is 1. The molecule has 0 aromatic heterocycles. The van der Waals surface area contributed by atoms with E-state index in [1.165, 1.54) is 7.11 Å². The van der Waals surface area contributed by atoms with Crippen LogP contribution in [0.5, 0.6) is 28.7 Å². The van der Waals surface area contributed by atoms with Crippen LogP contribution < -0.4 is 35.2 Å². The van der Waals surface area contributed by atoms with E-state index in [1.54, 1.807) is 18.3 Å². The molecule has 0 amide bonds. The average molecular weight is 887 g/mol. The third-order valence-corrected chi connectivity index (χ3v) is 12.8. The zero-order valence-corrected chi connectivity index (χ0v) is 34.7. The van der Waals surface area contributed by atoms with Crippen LogP contribution in [0.4, 0.5) is 0 Å². The first-order valence-electron chi connectivity index (χ1n) is 21.0. The van der Waals surface area contributed by atoms with Gasteiger partial charge in [0.25, 0.3) is 0 Å². The van der Waals surface area contributed by atoms with E-state index in [4.69, 9.17) is 49.7 Å². The Morgan fingerprint density at radius 2 is 1.86 bits per heavy atom.